The molecule has 0 aliphatic rings. The van der Waals surface area contributed by atoms with Crippen molar-refractivity contribution in [1.29, 1.82) is 0 Å². The Kier molecular flexibility index (Phi) is 6.36. The van der Waals surface area contributed by atoms with Gasteiger partial charge in [-0.15, -0.1) is 0 Å². The Balaban J connectivity index is 1.52. The molecule has 0 N–H and O–H groups in total. The number of carbonyl (C=O) groups excluding carboxylic acids is 1. The maximum atomic E-state index is 13.3. The normalized spacial score (nSPS) is 10.7. The van der Waals surface area contributed by atoms with Gasteiger partial charge in [0.2, 0.25) is 0 Å². The molecule has 0 spiro atoms. The van der Waals surface area contributed by atoms with E-state index in [0.717, 1.165) is 34.0 Å². The smallest absolute Gasteiger partial charge is 0.254 e. The fraction of sp³-hybridized carbons (Fsp3) is 0.185. The number of nitrogens with zero attached hydrogens (tertiary/aromatic N) is 3. The quantitative estimate of drug-likeness (QED) is 0.402. The second-order valence-corrected chi connectivity index (χ2v) is 7.82. The van der Waals surface area contributed by atoms with E-state index in [1.165, 1.54) is 0 Å². The summed E-state index contributed by atoms with van der Waals surface area (Å²) in [4.78, 5) is 15.1. The van der Waals surface area contributed by atoms with Gasteiger partial charge in [-0.2, -0.15) is 5.10 Å². The minimum Gasteiger partial charge on any atom is -0.489 e. The van der Waals surface area contributed by atoms with Crippen molar-refractivity contribution in [3.05, 3.63) is 113 Å². The molecule has 5 nitrogen and oxygen atoms in total. The highest BCUT2D eigenvalue weighted by Crippen LogP contribution is 2.21. The van der Waals surface area contributed by atoms with E-state index >= 15 is 0 Å². The number of carbonyl (C=O) groups is 1. The van der Waals surface area contributed by atoms with Crippen LogP contribution in [0.25, 0.3) is 5.69 Å². The minimum atomic E-state index is -0.0384. The van der Waals surface area contributed by atoms with Gasteiger partial charge in [0.1, 0.15) is 12.4 Å². The lowest BCUT2D eigenvalue weighted by atomic mass is 10.1. The number of hydrogen-bond acceptors (Lipinski definition) is 3. The molecular formula is C27H27N3O2. The summed E-state index contributed by atoms with van der Waals surface area (Å²) in [7, 11) is 1.83. The molecule has 0 saturated heterocycles. The number of rotatable bonds is 7. The molecule has 0 radical (unpaired) electrons. The predicted molar refractivity (Wildman–Crippen MR) is 126 cm³/mol. The van der Waals surface area contributed by atoms with Crippen molar-refractivity contribution in [1.82, 2.24) is 14.7 Å². The maximum Gasteiger partial charge on any atom is 0.254 e. The zero-order valence-electron chi connectivity index (χ0n) is 18.7. The molecule has 4 rings (SSSR count). The van der Waals surface area contributed by atoms with Crippen LogP contribution in [-0.2, 0) is 13.2 Å². The van der Waals surface area contributed by atoms with Crippen LogP contribution in [0.4, 0.5) is 0 Å². The number of para-hydroxylation sites is 2. The Labute approximate surface area is 188 Å². The maximum absolute atomic E-state index is 13.3. The molecule has 0 aliphatic carbocycles. The van der Waals surface area contributed by atoms with Crippen LogP contribution in [0, 0.1) is 13.8 Å². The summed E-state index contributed by atoms with van der Waals surface area (Å²) in [5.74, 6) is 0.742. The van der Waals surface area contributed by atoms with Crippen LogP contribution < -0.4 is 4.74 Å². The van der Waals surface area contributed by atoms with Crippen LogP contribution >= 0.6 is 0 Å². The molecule has 0 fully saturated rings. The van der Waals surface area contributed by atoms with Crippen LogP contribution in [0.2, 0.25) is 0 Å². The second-order valence-electron chi connectivity index (χ2n) is 7.82. The molecule has 1 heterocycles. The van der Waals surface area contributed by atoms with Crippen molar-refractivity contribution >= 4 is 5.91 Å². The molecule has 0 saturated carbocycles. The van der Waals surface area contributed by atoms with Gasteiger partial charge in [-0.1, -0.05) is 54.6 Å². The van der Waals surface area contributed by atoms with Crippen LogP contribution in [0.5, 0.6) is 5.75 Å². The summed E-state index contributed by atoms with van der Waals surface area (Å²) in [5, 5.41) is 4.70. The van der Waals surface area contributed by atoms with Crippen LogP contribution in [-0.4, -0.2) is 27.6 Å². The van der Waals surface area contributed by atoms with Gasteiger partial charge in [0.15, 0.2) is 0 Å². The third-order valence-corrected chi connectivity index (χ3v) is 5.57. The van der Waals surface area contributed by atoms with E-state index in [0.29, 0.717) is 18.7 Å². The number of amides is 1. The van der Waals surface area contributed by atoms with Gasteiger partial charge in [0, 0.05) is 36.0 Å². The van der Waals surface area contributed by atoms with Crippen molar-refractivity contribution < 1.29 is 9.53 Å². The third kappa shape index (κ3) is 4.57. The van der Waals surface area contributed by atoms with Crippen molar-refractivity contribution in [2.75, 3.05) is 7.05 Å². The van der Waals surface area contributed by atoms with Gasteiger partial charge in [-0.25, -0.2) is 4.68 Å². The van der Waals surface area contributed by atoms with Gasteiger partial charge in [-0.3, -0.25) is 4.79 Å². The molecule has 3 aromatic carbocycles. The minimum absolute atomic E-state index is 0.0384. The van der Waals surface area contributed by atoms with Gasteiger partial charge in [0.05, 0.1) is 11.4 Å². The summed E-state index contributed by atoms with van der Waals surface area (Å²) >= 11 is 0. The molecule has 1 aromatic heterocycles. The Bertz CT molecular complexity index is 1200. The van der Waals surface area contributed by atoms with Gasteiger partial charge >= 0.3 is 0 Å². The summed E-state index contributed by atoms with van der Waals surface area (Å²) < 4.78 is 7.82. The van der Waals surface area contributed by atoms with Crippen molar-refractivity contribution in [2.45, 2.75) is 27.0 Å². The molecule has 0 atom stereocenters. The summed E-state index contributed by atoms with van der Waals surface area (Å²) in [6.07, 6.45) is 0. The molecule has 0 unspecified atom stereocenters. The molecule has 0 aliphatic heterocycles. The summed E-state index contributed by atoms with van der Waals surface area (Å²) in [6, 6.07) is 27.3. The number of aryl methyl sites for hydroxylation is 1. The highest BCUT2D eigenvalue weighted by molar-refractivity contribution is 5.95. The lowest BCUT2D eigenvalue weighted by molar-refractivity contribution is 0.0782. The van der Waals surface area contributed by atoms with E-state index in [-0.39, 0.29) is 5.91 Å². The van der Waals surface area contributed by atoms with Crippen molar-refractivity contribution in [2.24, 2.45) is 0 Å². The molecule has 162 valence electrons. The Morgan fingerprint density at radius 3 is 2.25 bits per heavy atom. The number of benzene rings is 3. The number of hydrogen-bond donors (Lipinski definition) is 0. The second kappa shape index (κ2) is 9.52. The number of aromatic nitrogens is 2. The van der Waals surface area contributed by atoms with E-state index in [2.05, 4.69) is 0 Å². The first kappa shape index (κ1) is 21.4. The van der Waals surface area contributed by atoms with Crippen molar-refractivity contribution in [3.63, 3.8) is 0 Å². The predicted octanol–water partition coefficient (Wildman–Crippen LogP) is 5.34. The fourth-order valence-electron chi connectivity index (χ4n) is 3.77. The first-order chi connectivity index (χ1) is 15.5. The molecule has 5 heteroatoms. The molecule has 1 amide bonds. The monoisotopic (exact) mass is 425 g/mol. The molecular weight excluding hydrogens is 398 g/mol. The topological polar surface area (TPSA) is 47.4 Å². The fourth-order valence-corrected chi connectivity index (χ4v) is 3.77. The largest absolute Gasteiger partial charge is 0.489 e. The Hall–Kier alpha value is -3.86. The first-order valence-electron chi connectivity index (χ1n) is 10.7. The molecule has 4 aromatic rings. The highest BCUT2D eigenvalue weighted by Gasteiger charge is 2.20. The van der Waals surface area contributed by atoms with Gasteiger partial charge in [-0.05, 0) is 44.2 Å². The van der Waals surface area contributed by atoms with Crippen LogP contribution in [0.1, 0.15) is 32.9 Å². The third-order valence-electron chi connectivity index (χ3n) is 5.57. The van der Waals surface area contributed by atoms with Gasteiger partial charge < -0.3 is 9.64 Å². The standard InChI is InChI=1S/C27H27N3O2/c1-20-26(21(2)30(28-20)23-13-6-4-7-14-23)18-29(3)27(31)25-17-11-10-12-22(25)19-32-24-15-8-5-9-16-24/h4-17H,18-19H2,1-3H3. The zero-order chi connectivity index (χ0) is 22.5. The lowest BCUT2D eigenvalue weighted by Crippen LogP contribution is -2.28. The van der Waals surface area contributed by atoms with E-state index < -0.39 is 0 Å². The van der Waals surface area contributed by atoms with Crippen LogP contribution in [0.15, 0.2) is 84.9 Å². The van der Waals surface area contributed by atoms with Gasteiger partial charge in [0.25, 0.3) is 5.91 Å². The molecule has 32 heavy (non-hydrogen) atoms. The van der Waals surface area contributed by atoms with E-state index in [1.807, 2.05) is 111 Å². The van der Waals surface area contributed by atoms with E-state index in [9.17, 15) is 4.79 Å². The van der Waals surface area contributed by atoms with E-state index in [1.54, 1.807) is 4.90 Å². The Morgan fingerprint density at radius 2 is 1.53 bits per heavy atom. The van der Waals surface area contributed by atoms with Crippen LogP contribution in [0.3, 0.4) is 0 Å². The molecule has 0 bridgehead atoms. The Morgan fingerprint density at radius 1 is 0.906 bits per heavy atom. The summed E-state index contributed by atoms with van der Waals surface area (Å²) in [5.41, 5.74) is 5.54. The van der Waals surface area contributed by atoms with E-state index in [4.69, 9.17) is 9.84 Å². The average Bonchev–Trinajstić information content (AvgIpc) is 3.12. The average molecular weight is 426 g/mol. The SMILES string of the molecule is Cc1nn(-c2ccccc2)c(C)c1CN(C)C(=O)c1ccccc1COc1ccccc1. The summed E-state index contributed by atoms with van der Waals surface area (Å²) in [6.45, 7) is 4.85. The highest BCUT2D eigenvalue weighted by atomic mass is 16.5. The number of ether oxygens (including phenoxy) is 1. The zero-order valence-corrected chi connectivity index (χ0v) is 18.7. The van der Waals surface area contributed by atoms with Crippen molar-refractivity contribution in [3.8, 4) is 11.4 Å². The first-order valence-corrected chi connectivity index (χ1v) is 10.7. The lowest BCUT2D eigenvalue weighted by Gasteiger charge is -2.20.